The van der Waals surface area contributed by atoms with E-state index in [9.17, 15) is 4.79 Å². The lowest BCUT2D eigenvalue weighted by Gasteiger charge is -2.15. The van der Waals surface area contributed by atoms with Gasteiger partial charge in [-0.25, -0.2) is 5.43 Å². The molecule has 4 aromatic rings. The van der Waals surface area contributed by atoms with Crippen molar-refractivity contribution in [1.82, 2.24) is 9.99 Å². The van der Waals surface area contributed by atoms with Gasteiger partial charge in [0.15, 0.2) is 11.5 Å². The minimum atomic E-state index is -0.322. The van der Waals surface area contributed by atoms with Crippen LogP contribution < -0.4 is 14.9 Å². The molecule has 0 unspecified atom stereocenters. The number of aryl methyl sites for hydroxylation is 2. The summed E-state index contributed by atoms with van der Waals surface area (Å²) in [5, 5.41) is 5.07. The third-order valence-electron chi connectivity index (χ3n) is 5.77. The van der Waals surface area contributed by atoms with Crippen LogP contribution in [0, 0.1) is 13.8 Å². The lowest BCUT2D eigenvalue weighted by molar-refractivity contribution is 0.0955. The molecule has 0 atom stereocenters. The Hall–Kier alpha value is -2.78. The number of hydrogen-bond donors (Lipinski definition) is 1. The number of hydrazone groups is 1. The highest BCUT2D eigenvalue weighted by molar-refractivity contribution is 9.13. The Morgan fingerprint density at radius 2 is 1.66 bits per heavy atom. The van der Waals surface area contributed by atoms with Gasteiger partial charge in [0.05, 0.1) is 27.8 Å². The van der Waals surface area contributed by atoms with Crippen LogP contribution in [0.5, 0.6) is 11.5 Å². The van der Waals surface area contributed by atoms with Crippen molar-refractivity contribution >= 4 is 67.2 Å². The standard InChI is InChI=1S/C28H23Br2Cl2N3O3/c1-16-4-5-17(2)35(16)21-9-7-19(8-10-21)28(36)34-33-14-20-13-24(37-3)27(26(30)25(20)29)38-15-18-6-11-22(31)23(32)12-18/h4-14H,15H2,1-3H3,(H,34,36)/b33-14-. The van der Waals surface area contributed by atoms with E-state index < -0.39 is 0 Å². The van der Waals surface area contributed by atoms with Crippen LogP contribution in [0.2, 0.25) is 10.0 Å². The van der Waals surface area contributed by atoms with Crippen molar-refractivity contribution in [3.05, 3.63) is 108 Å². The Kier molecular flexibility index (Phi) is 9.20. The number of nitrogens with zero attached hydrogens (tertiary/aromatic N) is 2. The van der Waals surface area contributed by atoms with E-state index in [4.69, 9.17) is 32.7 Å². The monoisotopic (exact) mass is 677 g/mol. The summed E-state index contributed by atoms with van der Waals surface area (Å²) in [6.07, 6.45) is 1.53. The molecule has 1 aromatic heterocycles. The number of aromatic nitrogens is 1. The first-order valence-corrected chi connectivity index (χ1v) is 13.7. The Balaban J connectivity index is 1.45. The number of benzene rings is 3. The first kappa shape index (κ1) is 28.2. The molecule has 0 bridgehead atoms. The molecule has 0 saturated heterocycles. The molecule has 38 heavy (non-hydrogen) atoms. The lowest BCUT2D eigenvalue weighted by Crippen LogP contribution is -2.17. The van der Waals surface area contributed by atoms with Crippen molar-refractivity contribution in [2.45, 2.75) is 20.5 Å². The second kappa shape index (κ2) is 12.4. The molecule has 10 heteroatoms. The third-order valence-corrected chi connectivity index (χ3v) is 8.65. The van der Waals surface area contributed by atoms with E-state index in [-0.39, 0.29) is 12.5 Å². The predicted molar refractivity (Wildman–Crippen MR) is 159 cm³/mol. The Labute approximate surface area is 247 Å². The number of hydrogen-bond acceptors (Lipinski definition) is 4. The van der Waals surface area contributed by atoms with E-state index in [0.29, 0.717) is 41.6 Å². The molecule has 0 aliphatic rings. The first-order chi connectivity index (χ1) is 18.2. The Bertz CT molecular complexity index is 1500. The fourth-order valence-electron chi connectivity index (χ4n) is 3.83. The molecule has 0 spiro atoms. The molecule has 0 fully saturated rings. The number of nitrogens with one attached hydrogen (secondary N) is 1. The maximum Gasteiger partial charge on any atom is 0.271 e. The SMILES string of the molecule is COc1cc(/C=N\NC(=O)c2ccc(-n3c(C)ccc3C)cc2)c(Br)c(Br)c1OCc1ccc(Cl)c(Cl)c1. The van der Waals surface area contributed by atoms with Gasteiger partial charge in [-0.05, 0) is 106 Å². The summed E-state index contributed by atoms with van der Waals surface area (Å²) in [7, 11) is 1.55. The second-order valence-electron chi connectivity index (χ2n) is 8.36. The van der Waals surface area contributed by atoms with Crippen molar-refractivity contribution in [1.29, 1.82) is 0 Å². The van der Waals surface area contributed by atoms with Gasteiger partial charge in [0.1, 0.15) is 6.61 Å². The topological polar surface area (TPSA) is 64.8 Å². The Morgan fingerprint density at radius 1 is 0.974 bits per heavy atom. The van der Waals surface area contributed by atoms with E-state index in [1.54, 1.807) is 37.4 Å². The van der Waals surface area contributed by atoms with Crippen LogP contribution in [-0.4, -0.2) is 23.8 Å². The van der Waals surface area contributed by atoms with Crippen molar-refractivity contribution in [2.24, 2.45) is 5.10 Å². The summed E-state index contributed by atoms with van der Waals surface area (Å²) in [6, 6.07) is 18.5. The normalized spacial score (nSPS) is 11.1. The molecular formula is C28H23Br2Cl2N3O3. The number of rotatable bonds is 8. The van der Waals surface area contributed by atoms with Gasteiger partial charge in [-0.3, -0.25) is 4.79 Å². The fourth-order valence-corrected chi connectivity index (χ4v) is 5.09. The van der Waals surface area contributed by atoms with E-state index in [1.165, 1.54) is 6.21 Å². The average Bonchev–Trinajstić information content (AvgIpc) is 3.25. The number of amides is 1. The van der Waals surface area contributed by atoms with Crippen LogP contribution in [0.4, 0.5) is 0 Å². The Morgan fingerprint density at radius 3 is 2.29 bits per heavy atom. The number of halogens is 4. The van der Waals surface area contributed by atoms with E-state index in [2.05, 4.69) is 59.1 Å². The van der Waals surface area contributed by atoms with E-state index >= 15 is 0 Å². The van der Waals surface area contributed by atoms with Gasteiger partial charge in [-0.1, -0.05) is 29.3 Å². The van der Waals surface area contributed by atoms with Gasteiger partial charge in [-0.2, -0.15) is 5.10 Å². The van der Waals surface area contributed by atoms with Gasteiger partial charge >= 0.3 is 0 Å². The zero-order valence-electron chi connectivity index (χ0n) is 20.7. The molecule has 1 heterocycles. The maximum absolute atomic E-state index is 12.6. The van der Waals surface area contributed by atoms with Gasteiger partial charge < -0.3 is 14.0 Å². The molecule has 196 valence electrons. The van der Waals surface area contributed by atoms with Crippen LogP contribution in [0.15, 0.2) is 74.7 Å². The first-order valence-electron chi connectivity index (χ1n) is 11.4. The summed E-state index contributed by atoms with van der Waals surface area (Å²) < 4.78 is 15.0. The van der Waals surface area contributed by atoms with Crippen LogP contribution >= 0.6 is 55.1 Å². The zero-order valence-corrected chi connectivity index (χ0v) is 25.4. The molecule has 0 radical (unpaired) electrons. The molecule has 4 rings (SSSR count). The smallest absolute Gasteiger partial charge is 0.271 e. The summed E-state index contributed by atoms with van der Waals surface area (Å²) in [4.78, 5) is 12.6. The zero-order chi connectivity index (χ0) is 27.4. The number of ether oxygens (including phenoxy) is 2. The van der Waals surface area contributed by atoms with Gasteiger partial charge in [0.2, 0.25) is 0 Å². The molecule has 3 aromatic carbocycles. The molecule has 1 N–H and O–H groups in total. The van der Waals surface area contributed by atoms with Crippen LogP contribution in [0.1, 0.15) is 32.9 Å². The van der Waals surface area contributed by atoms with Gasteiger partial charge in [0.25, 0.3) is 5.91 Å². The third kappa shape index (κ3) is 6.26. The maximum atomic E-state index is 12.6. The minimum Gasteiger partial charge on any atom is -0.493 e. The lowest BCUT2D eigenvalue weighted by atomic mass is 10.2. The number of carbonyl (C=O) groups excluding carboxylic acids is 1. The van der Waals surface area contributed by atoms with Crippen molar-refractivity contribution in [3.63, 3.8) is 0 Å². The summed E-state index contributed by atoms with van der Waals surface area (Å²) in [5.74, 6) is 0.663. The summed E-state index contributed by atoms with van der Waals surface area (Å²) in [6.45, 7) is 4.34. The summed E-state index contributed by atoms with van der Waals surface area (Å²) in [5.41, 5.74) is 7.84. The fraction of sp³-hybridized carbons (Fsp3) is 0.143. The molecule has 1 amide bonds. The van der Waals surface area contributed by atoms with Crippen LogP contribution in [-0.2, 0) is 6.61 Å². The van der Waals surface area contributed by atoms with E-state index in [1.807, 2.05) is 32.0 Å². The highest BCUT2D eigenvalue weighted by atomic mass is 79.9. The summed E-state index contributed by atoms with van der Waals surface area (Å²) >= 11 is 19.2. The van der Waals surface area contributed by atoms with Crippen molar-refractivity contribution < 1.29 is 14.3 Å². The highest BCUT2D eigenvalue weighted by Gasteiger charge is 2.17. The highest BCUT2D eigenvalue weighted by Crippen LogP contribution is 2.42. The quantitative estimate of drug-likeness (QED) is 0.151. The largest absolute Gasteiger partial charge is 0.493 e. The van der Waals surface area contributed by atoms with Crippen molar-refractivity contribution in [2.75, 3.05) is 7.11 Å². The van der Waals surface area contributed by atoms with Gasteiger partial charge in [0, 0.05) is 32.7 Å². The van der Waals surface area contributed by atoms with Gasteiger partial charge in [-0.15, -0.1) is 0 Å². The molecular weight excluding hydrogens is 657 g/mol. The van der Waals surface area contributed by atoms with Crippen LogP contribution in [0.3, 0.4) is 0 Å². The minimum absolute atomic E-state index is 0.254. The van der Waals surface area contributed by atoms with Crippen LogP contribution in [0.25, 0.3) is 5.69 Å². The molecule has 6 nitrogen and oxygen atoms in total. The number of methoxy groups -OCH3 is 1. The van der Waals surface area contributed by atoms with Crippen molar-refractivity contribution in [3.8, 4) is 17.2 Å². The molecule has 0 aliphatic heterocycles. The second-order valence-corrected chi connectivity index (χ2v) is 10.8. The predicted octanol–water partition coefficient (Wildman–Crippen LogP) is 8.28. The molecule has 0 aliphatic carbocycles. The van der Waals surface area contributed by atoms with E-state index in [0.717, 1.165) is 22.6 Å². The average molecular weight is 680 g/mol. The number of carbonyl (C=O) groups is 1. The molecule has 0 saturated carbocycles.